The number of benzene rings is 1. The van der Waals surface area contributed by atoms with Crippen molar-refractivity contribution in [2.45, 2.75) is 6.42 Å². The van der Waals surface area contributed by atoms with Crippen LogP contribution in [0, 0.1) is 0 Å². The normalized spacial score (nSPS) is 9.70. The molecule has 0 unspecified atom stereocenters. The van der Waals surface area contributed by atoms with E-state index in [1.165, 1.54) is 25.3 Å². The fourth-order valence-corrected chi connectivity index (χ4v) is 1.65. The quantitative estimate of drug-likeness (QED) is 0.718. The first kappa shape index (κ1) is 15.8. The number of methoxy groups -OCH3 is 1. The molecule has 0 spiro atoms. The number of carboxylic acids is 1. The summed E-state index contributed by atoms with van der Waals surface area (Å²) in [5.41, 5.74) is -0.127. The minimum absolute atomic E-state index is 0.0184. The van der Waals surface area contributed by atoms with Crippen molar-refractivity contribution in [3.63, 3.8) is 0 Å². The molecule has 3 N–H and O–H groups in total. The van der Waals surface area contributed by atoms with Crippen LogP contribution in [0.25, 0.3) is 0 Å². The third kappa shape index (κ3) is 4.43. The van der Waals surface area contributed by atoms with Crippen LogP contribution >= 0.6 is 11.6 Å². The van der Waals surface area contributed by atoms with E-state index in [9.17, 15) is 14.4 Å². The van der Waals surface area contributed by atoms with Crippen molar-refractivity contribution in [1.82, 2.24) is 5.32 Å². The third-order valence-electron chi connectivity index (χ3n) is 2.32. The number of ether oxygens (including phenoxy) is 1. The molecule has 1 rings (SSSR count). The molecule has 0 aliphatic carbocycles. The lowest BCUT2D eigenvalue weighted by Crippen LogP contribution is -2.31. The minimum Gasteiger partial charge on any atom is -0.478 e. The third-order valence-corrected chi connectivity index (χ3v) is 2.63. The first-order valence-corrected chi connectivity index (χ1v) is 5.97. The van der Waals surface area contributed by atoms with Gasteiger partial charge in [-0.1, -0.05) is 17.7 Å². The predicted molar refractivity (Wildman–Crippen MR) is 72.1 cm³/mol. The van der Waals surface area contributed by atoms with Gasteiger partial charge in [-0.15, -0.1) is 0 Å². The van der Waals surface area contributed by atoms with E-state index in [1.54, 1.807) is 0 Å². The number of carboxylic acid groups (broad SMARTS) is 1. The molecule has 0 bridgehead atoms. The molecule has 0 aliphatic heterocycles. The smallest absolute Gasteiger partial charge is 0.339 e. The second kappa shape index (κ2) is 7.34. The minimum atomic E-state index is -1.25. The zero-order chi connectivity index (χ0) is 15.1. The van der Waals surface area contributed by atoms with Gasteiger partial charge in [0.05, 0.1) is 24.2 Å². The predicted octanol–water partition coefficient (Wildman–Crippen LogP) is 1.72. The van der Waals surface area contributed by atoms with Crippen molar-refractivity contribution >= 4 is 35.3 Å². The number of nitrogens with one attached hydrogen (secondary N) is 2. The number of halogens is 1. The highest BCUT2D eigenvalue weighted by Crippen LogP contribution is 2.24. The summed E-state index contributed by atoms with van der Waals surface area (Å²) in [5.74, 6) is -1.71. The van der Waals surface area contributed by atoms with Crippen LogP contribution in [0.3, 0.4) is 0 Å². The van der Waals surface area contributed by atoms with Crippen molar-refractivity contribution in [3.8, 4) is 0 Å². The second-order valence-electron chi connectivity index (χ2n) is 3.67. The van der Waals surface area contributed by atoms with E-state index in [-0.39, 0.29) is 29.2 Å². The molecule has 0 heterocycles. The van der Waals surface area contributed by atoms with Crippen LogP contribution in [0.15, 0.2) is 18.2 Å². The standard InChI is InChI=1S/C12H13ClN2O5/c1-20-9(16)5-6-14-12(19)15-8-4-2-3-7(13)10(8)11(17)18/h2-4H,5-6H2,1H3,(H,17,18)(H2,14,15,19). The summed E-state index contributed by atoms with van der Waals surface area (Å²) in [6.07, 6.45) is 0.0191. The number of carbonyl (C=O) groups is 3. The number of rotatable bonds is 5. The van der Waals surface area contributed by atoms with Crippen molar-refractivity contribution in [1.29, 1.82) is 0 Å². The van der Waals surface area contributed by atoms with Crippen molar-refractivity contribution in [3.05, 3.63) is 28.8 Å². The van der Waals surface area contributed by atoms with Gasteiger partial charge in [-0.2, -0.15) is 0 Å². The van der Waals surface area contributed by atoms with Crippen molar-refractivity contribution < 1.29 is 24.2 Å². The van der Waals surface area contributed by atoms with Gasteiger partial charge in [0, 0.05) is 6.54 Å². The van der Waals surface area contributed by atoms with Crippen LogP contribution in [-0.2, 0) is 9.53 Å². The summed E-state index contributed by atoms with van der Waals surface area (Å²) in [4.78, 5) is 33.5. The average Bonchev–Trinajstić information content (AvgIpc) is 2.38. The second-order valence-corrected chi connectivity index (χ2v) is 4.08. The summed E-state index contributed by atoms with van der Waals surface area (Å²) < 4.78 is 4.41. The maximum atomic E-state index is 11.6. The van der Waals surface area contributed by atoms with E-state index in [0.29, 0.717) is 0 Å². The molecule has 8 heteroatoms. The Morgan fingerprint density at radius 3 is 2.65 bits per heavy atom. The first-order chi connectivity index (χ1) is 9.45. The van der Waals surface area contributed by atoms with Crippen LogP contribution in [0.5, 0.6) is 0 Å². The number of urea groups is 1. The van der Waals surface area contributed by atoms with Gasteiger partial charge >= 0.3 is 18.0 Å². The highest BCUT2D eigenvalue weighted by atomic mass is 35.5. The molecule has 20 heavy (non-hydrogen) atoms. The van der Waals surface area contributed by atoms with Crippen LogP contribution in [0.1, 0.15) is 16.8 Å². The molecular formula is C12H13ClN2O5. The number of hydrogen-bond donors (Lipinski definition) is 3. The lowest BCUT2D eigenvalue weighted by atomic mass is 10.2. The van der Waals surface area contributed by atoms with Crippen molar-refractivity contribution in [2.75, 3.05) is 19.0 Å². The summed E-state index contributed by atoms with van der Waals surface area (Å²) >= 11 is 5.76. The number of aromatic carboxylic acids is 1. The molecule has 0 fully saturated rings. The van der Waals surface area contributed by atoms with Gasteiger partial charge < -0.3 is 20.5 Å². The van der Waals surface area contributed by atoms with E-state index in [0.717, 1.165) is 0 Å². The number of esters is 1. The SMILES string of the molecule is COC(=O)CCNC(=O)Nc1cccc(Cl)c1C(=O)O. The Kier molecular flexibility index (Phi) is 5.79. The lowest BCUT2D eigenvalue weighted by Gasteiger charge is -2.10. The largest absolute Gasteiger partial charge is 0.478 e. The van der Waals surface area contributed by atoms with Gasteiger partial charge in [0.25, 0.3) is 0 Å². The molecule has 0 saturated carbocycles. The molecule has 1 aromatic carbocycles. The summed E-state index contributed by atoms with van der Waals surface area (Å²) in [6, 6.07) is 3.69. The highest BCUT2D eigenvalue weighted by Gasteiger charge is 2.16. The Morgan fingerprint density at radius 2 is 2.05 bits per heavy atom. The van der Waals surface area contributed by atoms with E-state index in [2.05, 4.69) is 15.4 Å². The van der Waals surface area contributed by atoms with E-state index < -0.39 is 18.0 Å². The molecule has 0 atom stereocenters. The van der Waals surface area contributed by atoms with Crippen LogP contribution in [0.2, 0.25) is 5.02 Å². The molecule has 0 saturated heterocycles. The zero-order valence-corrected chi connectivity index (χ0v) is 11.4. The molecule has 0 radical (unpaired) electrons. The highest BCUT2D eigenvalue weighted by molar-refractivity contribution is 6.34. The van der Waals surface area contributed by atoms with E-state index >= 15 is 0 Å². The molecule has 108 valence electrons. The Morgan fingerprint density at radius 1 is 1.35 bits per heavy atom. The molecular weight excluding hydrogens is 288 g/mol. The Labute approximate surface area is 119 Å². The Bertz CT molecular complexity index is 533. The fraction of sp³-hybridized carbons (Fsp3) is 0.250. The van der Waals surface area contributed by atoms with Crippen LogP contribution in [-0.4, -0.2) is 36.7 Å². The number of hydrogen-bond acceptors (Lipinski definition) is 4. The number of carbonyl (C=O) groups excluding carboxylic acids is 2. The van der Waals surface area contributed by atoms with Gasteiger partial charge in [-0.3, -0.25) is 4.79 Å². The van der Waals surface area contributed by atoms with Crippen LogP contribution < -0.4 is 10.6 Å². The first-order valence-electron chi connectivity index (χ1n) is 5.59. The zero-order valence-electron chi connectivity index (χ0n) is 10.6. The van der Waals surface area contributed by atoms with Crippen LogP contribution in [0.4, 0.5) is 10.5 Å². The molecule has 0 aromatic heterocycles. The molecule has 0 aliphatic rings. The summed E-state index contributed by atoms with van der Waals surface area (Å²) in [5, 5.41) is 13.8. The monoisotopic (exact) mass is 300 g/mol. The maximum Gasteiger partial charge on any atom is 0.339 e. The van der Waals surface area contributed by atoms with Crippen molar-refractivity contribution in [2.24, 2.45) is 0 Å². The molecule has 2 amide bonds. The van der Waals surface area contributed by atoms with Gasteiger partial charge in [0.1, 0.15) is 5.56 Å². The Balaban J connectivity index is 2.65. The van der Waals surface area contributed by atoms with Gasteiger partial charge in [0.15, 0.2) is 0 Å². The maximum absolute atomic E-state index is 11.6. The van der Waals surface area contributed by atoms with E-state index in [1.807, 2.05) is 0 Å². The topological polar surface area (TPSA) is 105 Å². The number of anilines is 1. The van der Waals surface area contributed by atoms with Gasteiger partial charge in [0.2, 0.25) is 0 Å². The average molecular weight is 301 g/mol. The fourth-order valence-electron chi connectivity index (χ4n) is 1.39. The molecule has 1 aromatic rings. The lowest BCUT2D eigenvalue weighted by molar-refractivity contribution is -0.140. The van der Waals surface area contributed by atoms with Gasteiger partial charge in [-0.05, 0) is 12.1 Å². The van der Waals surface area contributed by atoms with E-state index in [4.69, 9.17) is 16.7 Å². The summed E-state index contributed by atoms with van der Waals surface area (Å²) in [6.45, 7) is 0.0709. The Hall–Kier alpha value is -2.28. The number of amides is 2. The van der Waals surface area contributed by atoms with Gasteiger partial charge in [-0.25, -0.2) is 9.59 Å². The summed E-state index contributed by atoms with van der Waals surface area (Å²) in [7, 11) is 1.24. The molecule has 7 nitrogen and oxygen atoms in total.